The highest BCUT2D eigenvalue weighted by molar-refractivity contribution is 5.92. The average Bonchev–Trinajstić information content (AvgIpc) is 3.79. The first kappa shape index (κ1) is 26.2. The van der Waals surface area contributed by atoms with Gasteiger partial charge in [0.25, 0.3) is 0 Å². The fraction of sp³-hybridized carbons (Fsp3) is 0.656. The van der Waals surface area contributed by atoms with Crippen molar-refractivity contribution in [1.29, 1.82) is 0 Å². The molecule has 0 aromatic heterocycles. The summed E-state index contributed by atoms with van der Waals surface area (Å²) in [6.45, 7) is 9.55. The van der Waals surface area contributed by atoms with Crippen LogP contribution in [0.3, 0.4) is 0 Å². The molecule has 38 heavy (non-hydrogen) atoms. The second kappa shape index (κ2) is 8.99. The second-order valence-electron chi connectivity index (χ2n) is 13.4. The van der Waals surface area contributed by atoms with Crippen molar-refractivity contribution in [2.24, 2.45) is 40.1 Å². The number of ketones is 1. The van der Waals surface area contributed by atoms with Crippen LogP contribution < -0.4 is 11.5 Å². The van der Waals surface area contributed by atoms with Crippen LogP contribution in [0.25, 0.3) is 5.70 Å². The molecule has 5 saturated carbocycles. The zero-order valence-electron chi connectivity index (χ0n) is 22.9. The van der Waals surface area contributed by atoms with Gasteiger partial charge in [-0.15, -0.1) is 0 Å². The number of nitrogens with two attached hydrogens (primary N) is 2. The van der Waals surface area contributed by atoms with Crippen LogP contribution in [-0.4, -0.2) is 35.4 Å². The molecular weight excluding hydrogens is 480 g/mol. The third-order valence-corrected chi connectivity index (χ3v) is 11.3. The minimum absolute atomic E-state index is 0.0468. The number of halogens is 2. The fourth-order valence-corrected chi connectivity index (χ4v) is 8.85. The van der Waals surface area contributed by atoms with Crippen molar-refractivity contribution in [3.63, 3.8) is 0 Å². The van der Waals surface area contributed by atoms with E-state index in [2.05, 4.69) is 13.5 Å². The van der Waals surface area contributed by atoms with E-state index in [9.17, 15) is 4.79 Å². The van der Waals surface area contributed by atoms with Crippen LogP contribution in [0.4, 0.5) is 8.78 Å². The Morgan fingerprint density at radius 1 is 1.18 bits per heavy atom. The minimum Gasteiger partial charge on any atom is -0.368 e. The van der Waals surface area contributed by atoms with Gasteiger partial charge in [-0.3, -0.25) is 4.79 Å². The van der Waals surface area contributed by atoms with Crippen LogP contribution in [-0.2, 0) is 4.79 Å². The Kier molecular flexibility index (Phi) is 6.19. The summed E-state index contributed by atoms with van der Waals surface area (Å²) in [4.78, 5) is 14.0. The summed E-state index contributed by atoms with van der Waals surface area (Å²) in [6, 6.07) is 3.37. The quantitative estimate of drug-likeness (QED) is 0.374. The van der Waals surface area contributed by atoms with Gasteiger partial charge in [0.2, 0.25) is 0 Å². The van der Waals surface area contributed by atoms with Gasteiger partial charge in [-0.2, -0.15) is 0 Å². The predicted octanol–water partition coefficient (Wildman–Crippen LogP) is 5.91. The first-order valence-electron chi connectivity index (χ1n) is 14.7. The van der Waals surface area contributed by atoms with E-state index in [1.165, 1.54) is 6.42 Å². The summed E-state index contributed by atoms with van der Waals surface area (Å²) >= 11 is 0. The van der Waals surface area contributed by atoms with E-state index in [0.29, 0.717) is 35.5 Å². The van der Waals surface area contributed by atoms with Gasteiger partial charge in [0.15, 0.2) is 5.78 Å². The molecule has 1 aromatic carbocycles. The Morgan fingerprint density at radius 3 is 2.55 bits per heavy atom. The lowest BCUT2D eigenvalue weighted by molar-refractivity contribution is -0.120. The highest BCUT2D eigenvalue weighted by Crippen LogP contribution is 2.91. The molecule has 1 aromatic rings. The molecule has 0 aliphatic heterocycles. The summed E-state index contributed by atoms with van der Waals surface area (Å²) in [5.74, 6) is 1.26. The predicted molar refractivity (Wildman–Crippen MR) is 147 cm³/mol. The lowest BCUT2D eigenvalue weighted by Crippen LogP contribution is -2.38. The minimum atomic E-state index is -0.633. The number of hydrogen-bond acceptors (Lipinski definition) is 4. The lowest BCUT2D eigenvalue weighted by Gasteiger charge is -2.33. The van der Waals surface area contributed by atoms with Gasteiger partial charge in [-0.25, -0.2) is 8.78 Å². The average molecular weight is 524 g/mol. The standard InChI is InChI=1S/C32H43F2N3O/c1-4-12-37(13-6-5-7-27(38)31(36)10-11-31)19(2)28-24(33)15-21(16-25(28)34)20-8-9-23-29-22(14-20)17-26(35)30(3)18-32(23,29)30/h5-6,15-16,20,22-23,26,29H,2,4,7-14,17-18,35-36H2,1,3H3/b6-5+. The normalized spacial score (nSPS) is 37.7. The van der Waals surface area contributed by atoms with E-state index < -0.39 is 17.2 Å². The van der Waals surface area contributed by atoms with Crippen LogP contribution >= 0.6 is 0 Å². The topological polar surface area (TPSA) is 72.3 Å². The number of carbonyl (C=O) groups excluding carboxylic acids is 1. The second-order valence-corrected chi connectivity index (χ2v) is 13.4. The number of hydrogen-bond donors (Lipinski definition) is 2. The van der Waals surface area contributed by atoms with Crippen LogP contribution in [0, 0.1) is 40.2 Å². The van der Waals surface area contributed by atoms with Crippen LogP contribution in [0.15, 0.2) is 30.9 Å². The molecule has 0 saturated heterocycles. The number of rotatable bonds is 10. The first-order chi connectivity index (χ1) is 18.1. The summed E-state index contributed by atoms with van der Waals surface area (Å²) in [5.41, 5.74) is 13.9. The molecule has 206 valence electrons. The first-order valence-corrected chi connectivity index (χ1v) is 14.7. The molecule has 4 nitrogen and oxygen atoms in total. The number of Topliss-reactive ketones (excluding diaryl/α,β-unsaturated/α-hetero) is 1. The molecule has 6 heteroatoms. The number of allylic oxidation sites excluding steroid dienone is 1. The van der Waals surface area contributed by atoms with E-state index in [4.69, 9.17) is 11.5 Å². The Bertz CT molecular complexity index is 1170. The van der Waals surface area contributed by atoms with Crippen LogP contribution in [0.5, 0.6) is 0 Å². The Hall–Kier alpha value is -2.05. The number of benzene rings is 1. The third kappa shape index (κ3) is 3.92. The maximum atomic E-state index is 15.5. The van der Waals surface area contributed by atoms with Crippen molar-refractivity contribution >= 4 is 11.5 Å². The lowest BCUT2D eigenvalue weighted by atomic mass is 9.74. The molecule has 4 N–H and O–H groups in total. The van der Waals surface area contributed by atoms with Gasteiger partial charge < -0.3 is 16.4 Å². The monoisotopic (exact) mass is 523 g/mol. The maximum absolute atomic E-state index is 15.5. The molecule has 7 unspecified atom stereocenters. The van der Waals surface area contributed by atoms with Gasteiger partial charge in [0.1, 0.15) is 11.6 Å². The molecule has 6 rings (SSSR count). The molecule has 7 atom stereocenters. The largest absolute Gasteiger partial charge is 0.368 e. The van der Waals surface area contributed by atoms with Gasteiger partial charge in [0, 0.05) is 31.2 Å². The molecular formula is C32H43F2N3O. The highest BCUT2D eigenvalue weighted by atomic mass is 19.1. The molecule has 0 heterocycles. The fourth-order valence-electron chi connectivity index (χ4n) is 8.85. The number of carbonyl (C=O) groups is 1. The van der Waals surface area contributed by atoms with Crippen LogP contribution in [0.2, 0.25) is 0 Å². The van der Waals surface area contributed by atoms with Crippen LogP contribution in [0.1, 0.15) is 88.7 Å². The van der Waals surface area contributed by atoms with E-state index in [0.717, 1.165) is 62.3 Å². The molecule has 0 bridgehead atoms. The summed E-state index contributed by atoms with van der Waals surface area (Å²) in [6.07, 6.45) is 11.8. The Morgan fingerprint density at radius 2 is 1.89 bits per heavy atom. The van der Waals surface area contributed by atoms with Crippen molar-refractivity contribution < 1.29 is 13.6 Å². The summed E-state index contributed by atoms with van der Waals surface area (Å²) < 4.78 is 31.1. The SMILES string of the molecule is C=C(c1c(F)cc(C2CCC3C4C(C2)CC(N)C2(C)CC342)cc1F)N(C/C=C/CC(=O)C1(N)CC1)CCC. The molecule has 5 aliphatic rings. The zero-order chi connectivity index (χ0) is 27.0. The van der Waals surface area contributed by atoms with Crippen molar-refractivity contribution in [3.05, 3.63) is 53.6 Å². The van der Waals surface area contributed by atoms with Gasteiger partial charge >= 0.3 is 0 Å². The molecule has 5 fully saturated rings. The highest BCUT2D eigenvalue weighted by Gasteiger charge is 2.87. The summed E-state index contributed by atoms with van der Waals surface area (Å²) in [5, 5.41) is 0. The van der Waals surface area contributed by atoms with Gasteiger partial charge in [0.05, 0.1) is 11.1 Å². The number of nitrogens with zero attached hydrogens (tertiary/aromatic N) is 1. The molecule has 5 aliphatic carbocycles. The maximum Gasteiger partial charge on any atom is 0.156 e. The van der Waals surface area contributed by atoms with Gasteiger partial charge in [-0.05, 0) is 104 Å². The smallest absolute Gasteiger partial charge is 0.156 e. The van der Waals surface area contributed by atoms with Gasteiger partial charge in [-0.1, -0.05) is 32.6 Å². The third-order valence-electron chi connectivity index (χ3n) is 11.3. The van der Waals surface area contributed by atoms with Crippen molar-refractivity contribution in [2.45, 2.75) is 89.1 Å². The molecule has 0 radical (unpaired) electrons. The van der Waals surface area contributed by atoms with E-state index in [1.807, 2.05) is 24.0 Å². The van der Waals surface area contributed by atoms with E-state index >= 15 is 8.78 Å². The van der Waals surface area contributed by atoms with Crippen molar-refractivity contribution in [3.8, 4) is 0 Å². The molecule has 0 amide bonds. The van der Waals surface area contributed by atoms with E-state index in [-0.39, 0.29) is 29.7 Å². The Labute approximate surface area is 225 Å². The van der Waals surface area contributed by atoms with E-state index in [1.54, 1.807) is 12.1 Å². The zero-order valence-corrected chi connectivity index (χ0v) is 22.9. The molecule has 1 spiro atoms. The summed E-state index contributed by atoms with van der Waals surface area (Å²) in [7, 11) is 0. The van der Waals surface area contributed by atoms with Crippen molar-refractivity contribution in [2.75, 3.05) is 13.1 Å². The van der Waals surface area contributed by atoms with Crippen molar-refractivity contribution in [1.82, 2.24) is 4.90 Å². The Balaban J connectivity index is 1.14.